The Labute approximate surface area is 117 Å². The van der Waals surface area contributed by atoms with Crippen LogP contribution in [0.15, 0.2) is 79.0 Å². The Hall–Kier alpha value is -2.67. The van der Waals surface area contributed by atoms with Gasteiger partial charge in [0.2, 0.25) is 0 Å². The molecule has 1 heteroatoms. The molecule has 0 amide bonds. The molecule has 0 spiro atoms. The largest absolute Gasteiger partial charge is 0.256 e. The molecule has 1 heterocycles. The van der Waals surface area contributed by atoms with Crippen LogP contribution in [-0.2, 0) is 0 Å². The summed E-state index contributed by atoms with van der Waals surface area (Å²) < 4.78 is 0. The summed E-state index contributed by atoms with van der Waals surface area (Å²) in [5, 5.41) is 1.24. The van der Waals surface area contributed by atoms with Crippen LogP contribution in [0.25, 0.3) is 33.2 Å². The van der Waals surface area contributed by atoms with Gasteiger partial charge in [-0.3, -0.25) is 4.98 Å². The van der Waals surface area contributed by atoms with Crippen LogP contribution in [0.2, 0.25) is 0 Å². The number of aromatic nitrogens is 1. The van der Waals surface area contributed by atoms with E-state index in [4.69, 9.17) is 0 Å². The van der Waals surface area contributed by atoms with E-state index in [1.807, 2.05) is 12.3 Å². The van der Waals surface area contributed by atoms with Gasteiger partial charge in [0.1, 0.15) is 0 Å². The molecular weight excluding hydrogens is 242 g/mol. The maximum absolute atomic E-state index is 4.52. The van der Waals surface area contributed by atoms with Crippen molar-refractivity contribution >= 4 is 10.9 Å². The second kappa shape index (κ2) is 4.46. The van der Waals surface area contributed by atoms with E-state index in [1.165, 1.54) is 27.6 Å². The van der Waals surface area contributed by atoms with Crippen LogP contribution >= 0.6 is 0 Å². The highest BCUT2D eigenvalue weighted by Crippen LogP contribution is 2.38. The summed E-state index contributed by atoms with van der Waals surface area (Å²) >= 11 is 0. The lowest BCUT2D eigenvalue weighted by Gasteiger charge is -2.05. The molecule has 0 saturated heterocycles. The number of rotatable bonds is 1. The van der Waals surface area contributed by atoms with Gasteiger partial charge in [-0.2, -0.15) is 0 Å². The number of fused-ring (bicyclic) bond motifs is 3. The Morgan fingerprint density at radius 3 is 2.05 bits per heavy atom. The fraction of sp³-hybridized carbons (Fsp3) is 0. The van der Waals surface area contributed by atoms with E-state index in [9.17, 15) is 0 Å². The molecule has 0 bridgehead atoms. The van der Waals surface area contributed by atoms with Crippen molar-refractivity contribution in [3.8, 4) is 22.3 Å². The SMILES string of the molecule is c1ccc(-c2ccnc3cc4cccccc-4c23)cc1. The van der Waals surface area contributed by atoms with Gasteiger partial charge in [0.15, 0.2) is 0 Å². The van der Waals surface area contributed by atoms with E-state index in [0.717, 1.165) is 5.52 Å². The smallest absolute Gasteiger partial charge is 0.0720 e. The summed E-state index contributed by atoms with van der Waals surface area (Å²) in [6.45, 7) is 0. The van der Waals surface area contributed by atoms with Gasteiger partial charge in [0, 0.05) is 11.6 Å². The lowest BCUT2D eigenvalue weighted by atomic mass is 10.0. The van der Waals surface area contributed by atoms with Crippen LogP contribution in [0.1, 0.15) is 0 Å². The van der Waals surface area contributed by atoms with Gasteiger partial charge in [-0.05, 0) is 34.4 Å². The number of benzene rings is 1. The van der Waals surface area contributed by atoms with Crippen molar-refractivity contribution < 1.29 is 0 Å². The molecule has 2 aliphatic carbocycles. The Morgan fingerprint density at radius 1 is 0.600 bits per heavy atom. The molecular formula is C19H13N. The standard InChI is InChI=1S/C19H13N/c1-3-7-14(8-4-1)17-11-12-20-18-13-15-9-5-2-6-10-16(15)19(17)18/h1-13H. The predicted octanol–water partition coefficient (Wildman–Crippen LogP) is 5.01. The van der Waals surface area contributed by atoms with Crippen LogP contribution in [0, 0.1) is 0 Å². The van der Waals surface area contributed by atoms with E-state index in [0.29, 0.717) is 0 Å². The van der Waals surface area contributed by atoms with E-state index < -0.39 is 0 Å². The topological polar surface area (TPSA) is 12.9 Å². The lowest BCUT2D eigenvalue weighted by Crippen LogP contribution is -1.81. The molecule has 0 N–H and O–H groups in total. The number of pyridine rings is 1. The van der Waals surface area contributed by atoms with E-state index in [2.05, 4.69) is 71.7 Å². The molecule has 0 aliphatic heterocycles. The summed E-state index contributed by atoms with van der Waals surface area (Å²) in [5.41, 5.74) is 6.04. The first-order valence-corrected chi connectivity index (χ1v) is 6.75. The molecule has 1 aromatic carbocycles. The second-order valence-corrected chi connectivity index (χ2v) is 4.91. The van der Waals surface area contributed by atoms with Crippen LogP contribution < -0.4 is 0 Å². The van der Waals surface area contributed by atoms with Crippen molar-refractivity contribution in [2.24, 2.45) is 0 Å². The molecule has 0 radical (unpaired) electrons. The molecule has 4 rings (SSSR count). The van der Waals surface area contributed by atoms with Crippen molar-refractivity contribution in [1.82, 2.24) is 4.98 Å². The van der Waals surface area contributed by atoms with Crippen molar-refractivity contribution in [2.75, 3.05) is 0 Å². The highest BCUT2D eigenvalue weighted by atomic mass is 14.7. The molecule has 94 valence electrons. The van der Waals surface area contributed by atoms with Gasteiger partial charge < -0.3 is 0 Å². The molecule has 0 atom stereocenters. The van der Waals surface area contributed by atoms with E-state index in [1.54, 1.807) is 0 Å². The Morgan fingerprint density at radius 2 is 1.25 bits per heavy atom. The fourth-order valence-electron chi connectivity index (χ4n) is 2.79. The first-order chi connectivity index (χ1) is 9.93. The van der Waals surface area contributed by atoms with E-state index >= 15 is 0 Å². The zero-order valence-corrected chi connectivity index (χ0v) is 11.0. The van der Waals surface area contributed by atoms with Crippen molar-refractivity contribution in [3.05, 3.63) is 79.0 Å². The maximum Gasteiger partial charge on any atom is 0.0720 e. The third kappa shape index (κ3) is 1.68. The minimum atomic E-state index is 1.06. The molecule has 1 aromatic heterocycles. The van der Waals surface area contributed by atoms with Gasteiger partial charge >= 0.3 is 0 Å². The Balaban J connectivity index is 2.12. The summed E-state index contributed by atoms with van der Waals surface area (Å²) in [4.78, 5) is 4.52. The molecule has 2 aliphatic rings. The average Bonchev–Trinajstić information content (AvgIpc) is 2.70. The summed E-state index contributed by atoms with van der Waals surface area (Å²) in [6.07, 6.45) is 1.89. The first-order valence-electron chi connectivity index (χ1n) is 6.75. The molecule has 0 unspecified atom stereocenters. The van der Waals surface area contributed by atoms with Crippen LogP contribution in [0.3, 0.4) is 0 Å². The zero-order valence-electron chi connectivity index (χ0n) is 11.0. The van der Waals surface area contributed by atoms with Gasteiger partial charge in [0.25, 0.3) is 0 Å². The normalized spacial score (nSPS) is 11.0. The lowest BCUT2D eigenvalue weighted by molar-refractivity contribution is 1.43. The van der Waals surface area contributed by atoms with Gasteiger partial charge in [0.05, 0.1) is 5.52 Å². The first kappa shape index (κ1) is 11.2. The highest BCUT2D eigenvalue weighted by Gasteiger charge is 2.13. The zero-order chi connectivity index (χ0) is 13.4. The predicted molar refractivity (Wildman–Crippen MR) is 83.8 cm³/mol. The number of nitrogens with zero attached hydrogens (tertiary/aromatic N) is 1. The van der Waals surface area contributed by atoms with Crippen LogP contribution in [-0.4, -0.2) is 4.98 Å². The molecule has 1 nitrogen and oxygen atoms in total. The Kier molecular flexibility index (Phi) is 2.49. The minimum Gasteiger partial charge on any atom is -0.256 e. The molecule has 20 heavy (non-hydrogen) atoms. The fourth-order valence-corrected chi connectivity index (χ4v) is 2.79. The number of hydrogen-bond acceptors (Lipinski definition) is 1. The van der Waals surface area contributed by atoms with Gasteiger partial charge in [-0.15, -0.1) is 0 Å². The van der Waals surface area contributed by atoms with Crippen molar-refractivity contribution in [3.63, 3.8) is 0 Å². The average molecular weight is 255 g/mol. The molecule has 0 fully saturated rings. The van der Waals surface area contributed by atoms with E-state index in [-0.39, 0.29) is 0 Å². The monoisotopic (exact) mass is 255 g/mol. The summed E-state index contributed by atoms with van der Waals surface area (Å²) in [7, 11) is 0. The summed E-state index contributed by atoms with van der Waals surface area (Å²) in [6, 6.07) is 25.3. The third-order valence-electron chi connectivity index (χ3n) is 3.70. The Bertz CT molecular complexity index is 850. The van der Waals surface area contributed by atoms with Crippen molar-refractivity contribution in [2.45, 2.75) is 0 Å². The minimum absolute atomic E-state index is 1.06. The molecule has 2 aromatic rings. The van der Waals surface area contributed by atoms with Crippen LogP contribution in [0.4, 0.5) is 0 Å². The highest BCUT2D eigenvalue weighted by molar-refractivity contribution is 6.08. The molecule has 0 saturated carbocycles. The third-order valence-corrected chi connectivity index (χ3v) is 3.70. The maximum atomic E-state index is 4.52. The number of hydrogen-bond donors (Lipinski definition) is 0. The summed E-state index contributed by atoms with van der Waals surface area (Å²) in [5.74, 6) is 0. The van der Waals surface area contributed by atoms with Crippen LogP contribution in [0.5, 0.6) is 0 Å². The van der Waals surface area contributed by atoms with Gasteiger partial charge in [-0.25, -0.2) is 0 Å². The van der Waals surface area contributed by atoms with Gasteiger partial charge in [-0.1, -0.05) is 60.7 Å². The second-order valence-electron chi connectivity index (χ2n) is 4.91. The quantitative estimate of drug-likeness (QED) is 0.466. The van der Waals surface area contributed by atoms with Crippen molar-refractivity contribution in [1.29, 1.82) is 0 Å².